The number of aromatic nitrogens is 4. The zero-order valence-corrected chi connectivity index (χ0v) is 32.4. The Hall–Kier alpha value is -5.86. The van der Waals surface area contributed by atoms with Gasteiger partial charge in [-0.3, -0.25) is 0 Å². The number of nitrogens with one attached hydrogen (secondary N) is 2. The standard InChI is InChI=1S/C44H44N6O6S/c1-29-39(28-57-44-47-48-49-50(44)36-14-7-4-8-15-36)55-42(56-40(29)33-19-17-31(27-51)18-20-33)34-23-21-32(22-24-34)37-16-10-9-13-35(37)26-45-43(53)46-38(41(52)54-2)25-30-11-5-3-6-12-30/h3-24,29,38-40,42,51H,25-28H2,1-2H3,(H2,45,46,53)/t29-,38+,39+,40+,42+/m1/s1. The number of hydrogen-bond donors (Lipinski definition) is 3. The van der Waals surface area contributed by atoms with Gasteiger partial charge in [-0.05, 0) is 55.9 Å². The number of carbonyl (C=O) groups excluding carboxylic acids is 2. The Bertz CT molecular complexity index is 2220. The quantitative estimate of drug-likeness (QED) is 0.0780. The molecular weight excluding hydrogens is 741 g/mol. The van der Waals surface area contributed by atoms with Crippen LogP contribution in [0.25, 0.3) is 16.8 Å². The van der Waals surface area contributed by atoms with Crippen molar-refractivity contribution in [2.24, 2.45) is 5.92 Å². The smallest absolute Gasteiger partial charge is 0.328 e. The summed E-state index contributed by atoms with van der Waals surface area (Å²) in [6.45, 7) is 2.32. The molecule has 0 aliphatic carbocycles. The van der Waals surface area contributed by atoms with E-state index in [1.54, 1.807) is 4.68 Å². The van der Waals surface area contributed by atoms with Gasteiger partial charge in [0.1, 0.15) is 6.04 Å². The van der Waals surface area contributed by atoms with Crippen LogP contribution in [0.5, 0.6) is 0 Å². The molecule has 0 saturated carbocycles. The number of aliphatic hydroxyl groups excluding tert-OH is 1. The molecule has 2 heterocycles. The molecule has 1 aliphatic rings. The Morgan fingerprint density at radius 2 is 1.53 bits per heavy atom. The Morgan fingerprint density at radius 1 is 0.842 bits per heavy atom. The molecule has 0 bridgehead atoms. The first kappa shape index (κ1) is 39.4. The van der Waals surface area contributed by atoms with Crippen LogP contribution < -0.4 is 10.6 Å². The summed E-state index contributed by atoms with van der Waals surface area (Å²) in [7, 11) is 1.31. The van der Waals surface area contributed by atoms with Crippen LogP contribution >= 0.6 is 11.8 Å². The minimum Gasteiger partial charge on any atom is -0.467 e. The molecule has 292 valence electrons. The van der Waals surface area contributed by atoms with Crippen LogP contribution in [0, 0.1) is 5.92 Å². The molecule has 13 heteroatoms. The maximum absolute atomic E-state index is 13.0. The lowest BCUT2D eigenvalue weighted by molar-refractivity contribution is -0.268. The highest BCUT2D eigenvalue weighted by Gasteiger charge is 2.38. The highest BCUT2D eigenvalue weighted by molar-refractivity contribution is 7.99. The number of carbonyl (C=O) groups is 2. The third-order valence-electron chi connectivity index (χ3n) is 9.97. The molecule has 0 spiro atoms. The number of hydrogen-bond acceptors (Lipinski definition) is 10. The minimum atomic E-state index is -0.837. The number of aliphatic hydroxyl groups is 1. The number of rotatable bonds is 14. The third-order valence-corrected chi connectivity index (χ3v) is 11.0. The van der Waals surface area contributed by atoms with Gasteiger partial charge in [-0.1, -0.05) is 140 Å². The van der Waals surface area contributed by atoms with E-state index >= 15 is 0 Å². The number of methoxy groups -OCH3 is 1. The van der Waals surface area contributed by atoms with Gasteiger partial charge in [-0.15, -0.1) is 5.10 Å². The van der Waals surface area contributed by atoms with Crippen LogP contribution in [0.4, 0.5) is 4.79 Å². The molecule has 1 saturated heterocycles. The van der Waals surface area contributed by atoms with Crippen molar-refractivity contribution in [3.63, 3.8) is 0 Å². The molecule has 3 N–H and O–H groups in total. The maximum Gasteiger partial charge on any atom is 0.328 e. The van der Waals surface area contributed by atoms with Crippen LogP contribution in [0.1, 0.15) is 47.1 Å². The van der Waals surface area contributed by atoms with Crippen molar-refractivity contribution in [1.29, 1.82) is 0 Å². The topological polar surface area (TPSA) is 150 Å². The molecule has 5 atom stereocenters. The SMILES string of the molecule is COC(=O)[C@H](Cc1ccccc1)NC(=O)NCc1ccccc1-c1ccc([C@H]2O[C@@H](CSc3nnnn3-c3ccccc3)[C@@H](C)[C@@H](c3ccc(CO)cc3)O2)cc1. The van der Waals surface area contributed by atoms with Crippen molar-refractivity contribution in [3.8, 4) is 16.8 Å². The monoisotopic (exact) mass is 784 g/mol. The fourth-order valence-corrected chi connectivity index (χ4v) is 7.87. The van der Waals surface area contributed by atoms with Gasteiger partial charge in [0.15, 0.2) is 6.29 Å². The third kappa shape index (κ3) is 9.76. The summed E-state index contributed by atoms with van der Waals surface area (Å²) in [5.41, 5.74) is 7.26. The van der Waals surface area contributed by atoms with Gasteiger partial charge in [-0.25, -0.2) is 9.59 Å². The van der Waals surface area contributed by atoms with E-state index in [4.69, 9.17) is 14.2 Å². The first-order valence-corrected chi connectivity index (χ1v) is 19.7. The molecular formula is C44H44N6O6S. The molecule has 1 aromatic heterocycles. The second-order valence-electron chi connectivity index (χ2n) is 13.7. The zero-order valence-electron chi connectivity index (χ0n) is 31.6. The Labute approximate surface area is 335 Å². The molecule has 1 aliphatic heterocycles. The summed E-state index contributed by atoms with van der Waals surface area (Å²) in [5, 5.41) is 28.4. The van der Waals surface area contributed by atoms with Gasteiger partial charge in [0.25, 0.3) is 0 Å². The fourth-order valence-electron chi connectivity index (χ4n) is 6.81. The van der Waals surface area contributed by atoms with E-state index < -0.39 is 24.3 Å². The van der Waals surface area contributed by atoms with Crippen LogP contribution in [-0.4, -0.2) is 62.3 Å². The van der Waals surface area contributed by atoms with Crippen molar-refractivity contribution in [1.82, 2.24) is 30.8 Å². The molecule has 12 nitrogen and oxygen atoms in total. The molecule has 6 aromatic rings. The van der Waals surface area contributed by atoms with Gasteiger partial charge < -0.3 is 30.0 Å². The summed E-state index contributed by atoms with van der Waals surface area (Å²) in [5.74, 6) is 0.0422. The normalized spacial score (nSPS) is 18.4. The van der Waals surface area contributed by atoms with Gasteiger partial charge in [0.2, 0.25) is 5.16 Å². The van der Waals surface area contributed by atoms with E-state index in [0.717, 1.165) is 44.6 Å². The van der Waals surface area contributed by atoms with Crippen molar-refractivity contribution in [2.75, 3.05) is 12.9 Å². The molecule has 7 rings (SSSR count). The van der Waals surface area contributed by atoms with E-state index in [-0.39, 0.29) is 31.3 Å². The van der Waals surface area contributed by atoms with Crippen LogP contribution in [0.2, 0.25) is 0 Å². The maximum atomic E-state index is 13.0. The number of tetrazole rings is 1. The second kappa shape index (κ2) is 18.9. The zero-order chi connectivity index (χ0) is 39.6. The van der Waals surface area contributed by atoms with Crippen molar-refractivity contribution in [2.45, 2.75) is 56.2 Å². The van der Waals surface area contributed by atoms with Crippen molar-refractivity contribution < 1.29 is 28.9 Å². The highest BCUT2D eigenvalue weighted by Crippen LogP contribution is 2.43. The molecule has 1 fully saturated rings. The first-order valence-electron chi connectivity index (χ1n) is 18.7. The number of amides is 2. The molecule has 0 unspecified atom stereocenters. The van der Waals surface area contributed by atoms with E-state index in [1.165, 1.54) is 18.9 Å². The Kier molecular flexibility index (Phi) is 13.0. The lowest BCUT2D eigenvalue weighted by Gasteiger charge is -2.41. The summed E-state index contributed by atoms with van der Waals surface area (Å²) in [6.07, 6.45) is -0.854. The summed E-state index contributed by atoms with van der Waals surface area (Å²) in [4.78, 5) is 25.5. The van der Waals surface area contributed by atoms with E-state index in [2.05, 4.69) is 33.1 Å². The van der Waals surface area contributed by atoms with Crippen molar-refractivity contribution >= 4 is 23.8 Å². The van der Waals surface area contributed by atoms with Crippen LogP contribution in [0.15, 0.2) is 139 Å². The number of thioether (sulfide) groups is 1. The number of benzene rings is 5. The second-order valence-corrected chi connectivity index (χ2v) is 14.7. The Morgan fingerprint density at radius 3 is 2.25 bits per heavy atom. The van der Waals surface area contributed by atoms with Gasteiger partial charge >= 0.3 is 12.0 Å². The summed E-state index contributed by atoms with van der Waals surface area (Å²) in [6, 6.07) is 41.7. The predicted octanol–water partition coefficient (Wildman–Crippen LogP) is 6.99. The molecule has 5 aromatic carbocycles. The van der Waals surface area contributed by atoms with Crippen molar-refractivity contribution in [3.05, 3.63) is 161 Å². The number of urea groups is 1. The molecule has 57 heavy (non-hydrogen) atoms. The molecule has 2 amide bonds. The summed E-state index contributed by atoms with van der Waals surface area (Å²) < 4.78 is 20.1. The number of ether oxygens (including phenoxy) is 3. The fraction of sp³-hybridized carbons (Fsp3) is 0.250. The van der Waals surface area contributed by atoms with E-state index in [9.17, 15) is 14.7 Å². The van der Waals surface area contributed by atoms with Crippen LogP contribution in [0.3, 0.4) is 0 Å². The minimum absolute atomic E-state index is 0.0214. The lowest BCUT2D eigenvalue weighted by Crippen LogP contribution is -2.47. The largest absolute Gasteiger partial charge is 0.467 e. The van der Waals surface area contributed by atoms with Gasteiger partial charge in [-0.2, -0.15) is 4.68 Å². The van der Waals surface area contributed by atoms with E-state index in [0.29, 0.717) is 17.3 Å². The average Bonchev–Trinajstić information content (AvgIpc) is 3.74. The van der Waals surface area contributed by atoms with Gasteiger partial charge in [0, 0.05) is 30.2 Å². The predicted molar refractivity (Wildman–Crippen MR) is 216 cm³/mol. The average molecular weight is 785 g/mol. The lowest BCUT2D eigenvalue weighted by atomic mass is 9.91. The number of para-hydroxylation sites is 1. The highest BCUT2D eigenvalue weighted by atomic mass is 32.2. The number of nitrogens with zero attached hydrogens (tertiary/aromatic N) is 4. The summed E-state index contributed by atoms with van der Waals surface area (Å²) >= 11 is 1.53. The first-order chi connectivity index (χ1) is 27.9. The Balaban J connectivity index is 1.06. The van der Waals surface area contributed by atoms with Crippen LogP contribution in [-0.2, 0) is 38.6 Å². The number of esters is 1. The molecule has 0 radical (unpaired) electrons. The van der Waals surface area contributed by atoms with E-state index in [1.807, 2.05) is 133 Å². The van der Waals surface area contributed by atoms with Gasteiger partial charge in [0.05, 0.1) is 31.6 Å².